The van der Waals surface area contributed by atoms with E-state index in [0.717, 1.165) is 25.7 Å². The molecule has 138 valence electrons. The van der Waals surface area contributed by atoms with Crippen molar-refractivity contribution in [2.24, 2.45) is 0 Å². The lowest BCUT2D eigenvalue weighted by Crippen LogP contribution is -2.36. The van der Waals surface area contributed by atoms with Gasteiger partial charge in [0.1, 0.15) is 17.9 Å². The molecule has 6 nitrogen and oxygen atoms in total. The molecule has 1 fully saturated rings. The van der Waals surface area contributed by atoms with Crippen molar-refractivity contribution in [3.05, 3.63) is 17.2 Å². The van der Waals surface area contributed by atoms with E-state index >= 15 is 0 Å². The third kappa shape index (κ3) is 5.81. The van der Waals surface area contributed by atoms with Crippen LogP contribution >= 0.6 is 11.6 Å². The third-order valence-corrected chi connectivity index (χ3v) is 4.58. The van der Waals surface area contributed by atoms with Gasteiger partial charge in [0.05, 0.1) is 24.9 Å². The fraction of sp³-hybridized carbons (Fsp3) is 0.556. The summed E-state index contributed by atoms with van der Waals surface area (Å²) in [6.45, 7) is 0. The number of methoxy groups -OCH3 is 2. The Morgan fingerprint density at radius 2 is 1.68 bits per heavy atom. The summed E-state index contributed by atoms with van der Waals surface area (Å²) in [5.41, 5.74) is 0.413. The van der Waals surface area contributed by atoms with E-state index in [9.17, 15) is 9.59 Å². The van der Waals surface area contributed by atoms with Gasteiger partial charge in [-0.2, -0.15) is 0 Å². The largest absolute Gasteiger partial charge is 0.495 e. The Morgan fingerprint density at radius 3 is 2.28 bits per heavy atom. The molecule has 1 aromatic carbocycles. The van der Waals surface area contributed by atoms with Gasteiger partial charge in [0.25, 0.3) is 0 Å². The number of nitrogens with one attached hydrogen (secondary N) is 2. The molecule has 0 saturated heterocycles. The van der Waals surface area contributed by atoms with Crippen LogP contribution in [0.2, 0.25) is 5.02 Å². The first kappa shape index (κ1) is 19.4. The molecule has 25 heavy (non-hydrogen) atoms. The van der Waals surface area contributed by atoms with Gasteiger partial charge in [-0.15, -0.1) is 0 Å². The lowest BCUT2D eigenvalue weighted by atomic mass is 10.1. The maximum atomic E-state index is 12.2. The van der Waals surface area contributed by atoms with Crippen molar-refractivity contribution in [2.75, 3.05) is 19.5 Å². The molecule has 0 radical (unpaired) electrons. The zero-order valence-electron chi connectivity index (χ0n) is 14.7. The number of ether oxygens (including phenoxy) is 2. The van der Waals surface area contributed by atoms with Crippen LogP contribution in [-0.2, 0) is 9.59 Å². The molecule has 0 spiro atoms. The predicted octanol–water partition coefficient (Wildman–Crippen LogP) is 3.52. The van der Waals surface area contributed by atoms with Gasteiger partial charge in [-0.25, -0.2) is 0 Å². The van der Waals surface area contributed by atoms with E-state index in [1.54, 1.807) is 12.1 Å². The number of benzene rings is 1. The van der Waals surface area contributed by atoms with E-state index in [1.165, 1.54) is 27.1 Å². The van der Waals surface area contributed by atoms with Crippen molar-refractivity contribution in [1.29, 1.82) is 0 Å². The van der Waals surface area contributed by atoms with Crippen LogP contribution in [0, 0.1) is 0 Å². The number of amides is 2. The van der Waals surface area contributed by atoms with Crippen LogP contribution in [-0.4, -0.2) is 32.1 Å². The minimum absolute atomic E-state index is 0.174. The fourth-order valence-corrected chi connectivity index (χ4v) is 3.23. The first-order chi connectivity index (χ1) is 12.0. The molecule has 7 heteroatoms. The van der Waals surface area contributed by atoms with Gasteiger partial charge in [-0.1, -0.05) is 37.3 Å². The number of halogens is 1. The van der Waals surface area contributed by atoms with Gasteiger partial charge in [0.15, 0.2) is 0 Å². The summed E-state index contributed by atoms with van der Waals surface area (Å²) in [5, 5.41) is 6.02. The van der Waals surface area contributed by atoms with Gasteiger partial charge < -0.3 is 20.1 Å². The molecular formula is C18H25ClN2O4. The first-order valence-electron chi connectivity index (χ1n) is 8.54. The SMILES string of the molecule is COc1cc(NC(=O)CC(=O)NC2CCCCCC2)c(OC)cc1Cl. The first-order valence-corrected chi connectivity index (χ1v) is 8.92. The van der Waals surface area contributed by atoms with Gasteiger partial charge in [-0.05, 0) is 12.8 Å². The summed E-state index contributed by atoms with van der Waals surface area (Å²) in [7, 11) is 2.96. The lowest BCUT2D eigenvalue weighted by molar-refractivity contribution is -0.127. The standard InChI is InChI=1S/C18H25ClN2O4/c1-24-15-10-14(16(25-2)9-13(15)19)21-18(23)11-17(22)20-12-7-5-3-4-6-8-12/h9-10,12H,3-8,11H2,1-2H3,(H,20,22)(H,21,23). The molecule has 0 unspecified atom stereocenters. The molecule has 0 atom stereocenters. The van der Waals surface area contributed by atoms with Crippen molar-refractivity contribution in [1.82, 2.24) is 5.32 Å². The van der Waals surface area contributed by atoms with E-state index in [0.29, 0.717) is 22.2 Å². The molecule has 2 rings (SSSR count). The second-order valence-corrected chi connectivity index (χ2v) is 6.58. The fourth-order valence-electron chi connectivity index (χ4n) is 3.00. The van der Waals surface area contributed by atoms with E-state index in [1.807, 2.05) is 0 Å². The Bertz CT molecular complexity index is 613. The van der Waals surface area contributed by atoms with Crippen molar-refractivity contribution >= 4 is 29.1 Å². The van der Waals surface area contributed by atoms with Crippen LogP contribution in [0.3, 0.4) is 0 Å². The molecule has 0 aromatic heterocycles. The summed E-state index contributed by atoms with van der Waals surface area (Å²) in [6.07, 6.45) is 6.41. The minimum atomic E-state index is -0.409. The topological polar surface area (TPSA) is 76.7 Å². The molecule has 0 heterocycles. The highest BCUT2D eigenvalue weighted by Gasteiger charge is 2.18. The molecule has 1 aliphatic rings. The summed E-state index contributed by atoms with van der Waals surface area (Å²) in [4.78, 5) is 24.3. The average Bonchev–Trinajstić information content (AvgIpc) is 2.84. The van der Waals surface area contributed by atoms with E-state index in [4.69, 9.17) is 21.1 Å². The second-order valence-electron chi connectivity index (χ2n) is 6.17. The smallest absolute Gasteiger partial charge is 0.233 e. The van der Waals surface area contributed by atoms with Gasteiger partial charge in [0, 0.05) is 18.2 Å². The van der Waals surface area contributed by atoms with Crippen molar-refractivity contribution in [3.8, 4) is 11.5 Å². The summed E-state index contributed by atoms with van der Waals surface area (Å²) in [5.74, 6) is 0.155. The quantitative estimate of drug-likeness (QED) is 0.595. The highest BCUT2D eigenvalue weighted by molar-refractivity contribution is 6.32. The maximum absolute atomic E-state index is 12.2. The Labute approximate surface area is 153 Å². The Balaban J connectivity index is 1.94. The van der Waals surface area contributed by atoms with Crippen molar-refractivity contribution in [2.45, 2.75) is 51.0 Å². The monoisotopic (exact) mass is 368 g/mol. The average molecular weight is 369 g/mol. The molecule has 0 bridgehead atoms. The van der Waals surface area contributed by atoms with Gasteiger partial charge >= 0.3 is 0 Å². The van der Waals surface area contributed by atoms with Crippen LogP contribution in [0.4, 0.5) is 5.69 Å². The summed E-state index contributed by atoms with van der Waals surface area (Å²) in [6, 6.07) is 3.30. The van der Waals surface area contributed by atoms with Crippen LogP contribution in [0.1, 0.15) is 44.9 Å². The van der Waals surface area contributed by atoms with Crippen LogP contribution < -0.4 is 20.1 Å². The zero-order valence-corrected chi connectivity index (χ0v) is 15.4. The Hall–Kier alpha value is -1.95. The number of carbonyl (C=O) groups excluding carboxylic acids is 2. The second kappa shape index (κ2) is 9.51. The molecule has 1 aromatic rings. The van der Waals surface area contributed by atoms with Gasteiger partial charge in [0.2, 0.25) is 11.8 Å². The predicted molar refractivity (Wildman–Crippen MR) is 97.4 cm³/mol. The highest BCUT2D eigenvalue weighted by atomic mass is 35.5. The maximum Gasteiger partial charge on any atom is 0.233 e. The Morgan fingerprint density at radius 1 is 1.04 bits per heavy atom. The van der Waals surface area contributed by atoms with Gasteiger partial charge in [-0.3, -0.25) is 9.59 Å². The van der Waals surface area contributed by atoms with Crippen LogP contribution in [0.15, 0.2) is 12.1 Å². The minimum Gasteiger partial charge on any atom is -0.495 e. The summed E-state index contributed by atoms with van der Waals surface area (Å²) >= 11 is 6.04. The van der Waals surface area contributed by atoms with Crippen LogP contribution in [0.5, 0.6) is 11.5 Å². The normalized spacial score (nSPS) is 15.2. The van der Waals surface area contributed by atoms with E-state index in [2.05, 4.69) is 10.6 Å². The molecule has 2 N–H and O–H groups in total. The molecular weight excluding hydrogens is 344 g/mol. The van der Waals surface area contributed by atoms with E-state index < -0.39 is 5.91 Å². The molecule has 1 aliphatic carbocycles. The van der Waals surface area contributed by atoms with Crippen molar-refractivity contribution in [3.63, 3.8) is 0 Å². The third-order valence-electron chi connectivity index (χ3n) is 4.29. The Kier molecular flexibility index (Phi) is 7.37. The van der Waals surface area contributed by atoms with Crippen LogP contribution in [0.25, 0.3) is 0 Å². The van der Waals surface area contributed by atoms with Crippen molar-refractivity contribution < 1.29 is 19.1 Å². The molecule has 0 aliphatic heterocycles. The number of anilines is 1. The lowest BCUT2D eigenvalue weighted by Gasteiger charge is -2.16. The number of hydrogen-bond donors (Lipinski definition) is 2. The molecule has 2 amide bonds. The molecule has 1 saturated carbocycles. The zero-order chi connectivity index (χ0) is 18.2. The summed E-state index contributed by atoms with van der Waals surface area (Å²) < 4.78 is 10.4. The number of carbonyl (C=O) groups is 2. The van der Waals surface area contributed by atoms with E-state index in [-0.39, 0.29) is 18.4 Å². The number of hydrogen-bond acceptors (Lipinski definition) is 4. The number of rotatable bonds is 6. The highest BCUT2D eigenvalue weighted by Crippen LogP contribution is 2.35.